The van der Waals surface area contributed by atoms with Gasteiger partial charge >= 0.3 is 0 Å². The van der Waals surface area contributed by atoms with Crippen LogP contribution in [0, 0.1) is 5.82 Å². The Bertz CT molecular complexity index is 750. The first-order chi connectivity index (χ1) is 12.8. The zero-order chi connectivity index (χ0) is 19.2. The summed E-state index contributed by atoms with van der Waals surface area (Å²) < 4.78 is 13.4. The first-order valence-corrected chi connectivity index (χ1v) is 10.5. The number of benzene rings is 1. The van der Waals surface area contributed by atoms with Gasteiger partial charge in [0.05, 0.1) is 5.60 Å². The lowest BCUT2D eigenvalue weighted by atomic mass is 10.0. The molecule has 146 valence electrons. The molecule has 2 saturated heterocycles. The Labute approximate surface area is 162 Å². The Balaban J connectivity index is 1.56. The number of aliphatic hydroxyl groups is 1. The van der Waals surface area contributed by atoms with E-state index in [0.717, 1.165) is 18.4 Å². The number of carbonyl (C=O) groups is 2. The van der Waals surface area contributed by atoms with Gasteiger partial charge in [-0.15, -0.1) is 11.8 Å². The molecule has 2 aliphatic heterocycles. The lowest BCUT2D eigenvalue weighted by Crippen LogP contribution is -2.53. The summed E-state index contributed by atoms with van der Waals surface area (Å²) in [5.41, 5.74) is 0.0614. The number of rotatable bonds is 4. The van der Waals surface area contributed by atoms with Crippen LogP contribution in [0.1, 0.15) is 44.1 Å². The summed E-state index contributed by atoms with van der Waals surface area (Å²) in [4.78, 5) is 28.5. The first kappa shape index (κ1) is 18.7. The summed E-state index contributed by atoms with van der Waals surface area (Å²) >= 11 is 1.59. The number of hydrogen-bond donors (Lipinski definition) is 1. The third kappa shape index (κ3) is 3.14. The second kappa shape index (κ2) is 6.78. The number of halogens is 1. The molecule has 1 aromatic carbocycles. The second-order valence-electron chi connectivity index (χ2n) is 8.01. The van der Waals surface area contributed by atoms with Crippen molar-refractivity contribution in [3.63, 3.8) is 0 Å². The second-order valence-corrected chi connectivity index (χ2v) is 9.30. The molecule has 2 atom stereocenters. The highest BCUT2D eigenvalue weighted by atomic mass is 32.2. The van der Waals surface area contributed by atoms with Gasteiger partial charge < -0.3 is 14.9 Å². The molecule has 27 heavy (non-hydrogen) atoms. The SMILES string of the molecule is CN(CC1(O)CCCC1)C(=O)[C@H]1CS[C@@]2(c3ccc(F)cc3)CCC(=O)N12. The largest absolute Gasteiger partial charge is 0.388 e. The number of amides is 2. The molecule has 0 unspecified atom stereocenters. The van der Waals surface area contributed by atoms with E-state index in [9.17, 15) is 19.1 Å². The van der Waals surface area contributed by atoms with E-state index in [1.54, 1.807) is 40.7 Å². The Morgan fingerprint density at radius 3 is 2.63 bits per heavy atom. The molecule has 1 N–H and O–H groups in total. The van der Waals surface area contributed by atoms with Gasteiger partial charge in [-0.25, -0.2) is 4.39 Å². The zero-order valence-corrected chi connectivity index (χ0v) is 16.3. The Kier molecular flexibility index (Phi) is 4.71. The van der Waals surface area contributed by atoms with Gasteiger partial charge in [0.15, 0.2) is 0 Å². The molecular formula is C20H25FN2O3S. The van der Waals surface area contributed by atoms with E-state index in [1.165, 1.54) is 12.1 Å². The van der Waals surface area contributed by atoms with Crippen LogP contribution < -0.4 is 0 Å². The van der Waals surface area contributed by atoms with Crippen molar-refractivity contribution in [3.8, 4) is 0 Å². The van der Waals surface area contributed by atoms with Crippen molar-refractivity contribution in [2.45, 2.75) is 55.0 Å². The molecule has 0 bridgehead atoms. The van der Waals surface area contributed by atoms with Gasteiger partial charge in [0.25, 0.3) is 0 Å². The van der Waals surface area contributed by atoms with Crippen molar-refractivity contribution in [2.24, 2.45) is 0 Å². The number of nitrogens with zero attached hydrogens (tertiary/aromatic N) is 2. The number of hydrogen-bond acceptors (Lipinski definition) is 4. The van der Waals surface area contributed by atoms with Gasteiger partial charge in [0.2, 0.25) is 11.8 Å². The summed E-state index contributed by atoms with van der Waals surface area (Å²) in [6, 6.07) is 5.70. The minimum Gasteiger partial charge on any atom is -0.388 e. The monoisotopic (exact) mass is 392 g/mol. The van der Waals surface area contributed by atoms with Crippen LogP contribution >= 0.6 is 11.8 Å². The van der Waals surface area contributed by atoms with Gasteiger partial charge in [-0.1, -0.05) is 25.0 Å². The summed E-state index contributed by atoms with van der Waals surface area (Å²) in [5.74, 6) is 0.0500. The summed E-state index contributed by atoms with van der Waals surface area (Å²) in [7, 11) is 1.71. The Morgan fingerprint density at radius 1 is 1.30 bits per heavy atom. The highest BCUT2D eigenvalue weighted by Gasteiger charge is 2.57. The molecular weight excluding hydrogens is 367 g/mol. The minimum atomic E-state index is -0.806. The number of fused-ring (bicyclic) bond motifs is 1. The normalized spacial score (nSPS) is 29.2. The van der Waals surface area contributed by atoms with Crippen LogP contribution in [0.4, 0.5) is 4.39 Å². The minimum absolute atomic E-state index is 0.0318. The predicted molar refractivity (Wildman–Crippen MR) is 101 cm³/mol. The van der Waals surface area contributed by atoms with Crippen LogP contribution in [0.15, 0.2) is 24.3 Å². The van der Waals surface area contributed by atoms with E-state index in [1.807, 2.05) is 0 Å². The van der Waals surface area contributed by atoms with Crippen LogP contribution in [0.25, 0.3) is 0 Å². The van der Waals surface area contributed by atoms with Crippen LogP contribution in [-0.4, -0.2) is 57.7 Å². The molecule has 5 nitrogen and oxygen atoms in total. The third-order valence-electron chi connectivity index (χ3n) is 6.15. The fraction of sp³-hybridized carbons (Fsp3) is 0.600. The molecule has 0 spiro atoms. The Morgan fingerprint density at radius 2 is 1.96 bits per heavy atom. The zero-order valence-electron chi connectivity index (χ0n) is 15.5. The average molecular weight is 392 g/mol. The van der Waals surface area contributed by atoms with Crippen LogP contribution in [0.5, 0.6) is 0 Å². The van der Waals surface area contributed by atoms with Gasteiger partial charge in [0.1, 0.15) is 16.7 Å². The lowest BCUT2D eigenvalue weighted by molar-refractivity contribution is -0.145. The fourth-order valence-corrected chi connectivity index (χ4v) is 6.44. The van der Waals surface area contributed by atoms with Crippen molar-refractivity contribution in [1.29, 1.82) is 0 Å². The Hall–Kier alpha value is -1.60. The first-order valence-electron chi connectivity index (χ1n) is 9.54. The molecule has 1 aromatic rings. The number of thioether (sulfide) groups is 1. The van der Waals surface area contributed by atoms with Gasteiger partial charge in [-0.05, 0) is 37.0 Å². The van der Waals surface area contributed by atoms with Crippen LogP contribution in [0.3, 0.4) is 0 Å². The van der Waals surface area contributed by atoms with Crippen LogP contribution in [-0.2, 0) is 14.5 Å². The standard InChI is InChI=1S/C20H25FN2O3S/c1-22(13-19(26)9-2-3-10-19)18(25)16-12-27-20(11-8-17(24)23(16)20)14-4-6-15(21)7-5-14/h4-7,16,26H,2-3,8-13H2,1H3/t16-,20-/m1/s1. The van der Waals surface area contributed by atoms with E-state index >= 15 is 0 Å². The molecule has 3 fully saturated rings. The molecule has 2 amide bonds. The molecule has 1 aliphatic carbocycles. The molecule has 2 heterocycles. The van der Waals surface area contributed by atoms with E-state index in [2.05, 4.69) is 0 Å². The van der Waals surface area contributed by atoms with E-state index in [4.69, 9.17) is 0 Å². The third-order valence-corrected chi connectivity index (χ3v) is 7.75. The highest BCUT2D eigenvalue weighted by molar-refractivity contribution is 8.00. The number of carbonyl (C=O) groups excluding carboxylic acids is 2. The van der Waals surface area contributed by atoms with E-state index < -0.39 is 16.5 Å². The molecule has 4 rings (SSSR count). The number of likely N-dealkylation sites (N-methyl/N-ethyl adjacent to an activating group) is 1. The quantitative estimate of drug-likeness (QED) is 0.855. The molecule has 7 heteroatoms. The van der Waals surface area contributed by atoms with E-state index in [0.29, 0.717) is 38.0 Å². The molecule has 0 aromatic heterocycles. The van der Waals surface area contributed by atoms with Gasteiger partial charge in [-0.3, -0.25) is 9.59 Å². The van der Waals surface area contributed by atoms with Crippen molar-refractivity contribution >= 4 is 23.6 Å². The van der Waals surface area contributed by atoms with Crippen molar-refractivity contribution in [3.05, 3.63) is 35.6 Å². The predicted octanol–water partition coefficient (Wildman–Crippen LogP) is 2.48. The maximum absolute atomic E-state index is 13.4. The van der Waals surface area contributed by atoms with Crippen molar-refractivity contribution in [2.75, 3.05) is 19.3 Å². The van der Waals surface area contributed by atoms with Gasteiger partial charge in [-0.2, -0.15) is 0 Å². The molecule has 3 aliphatic rings. The average Bonchev–Trinajstić information content (AvgIpc) is 3.32. The lowest BCUT2D eigenvalue weighted by Gasteiger charge is -2.36. The maximum atomic E-state index is 13.4. The van der Waals surface area contributed by atoms with E-state index in [-0.39, 0.29) is 17.6 Å². The summed E-state index contributed by atoms with van der Waals surface area (Å²) in [6.07, 6.45) is 4.41. The summed E-state index contributed by atoms with van der Waals surface area (Å²) in [5, 5.41) is 10.6. The maximum Gasteiger partial charge on any atom is 0.246 e. The van der Waals surface area contributed by atoms with Crippen molar-refractivity contribution in [1.82, 2.24) is 9.80 Å². The molecule has 0 radical (unpaired) electrons. The van der Waals surface area contributed by atoms with Gasteiger partial charge in [0, 0.05) is 25.8 Å². The highest BCUT2D eigenvalue weighted by Crippen LogP contribution is 2.54. The topological polar surface area (TPSA) is 60.9 Å². The summed E-state index contributed by atoms with van der Waals surface area (Å²) in [6.45, 7) is 0.304. The molecule has 1 saturated carbocycles. The van der Waals surface area contributed by atoms with Crippen molar-refractivity contribution < 1.29 is 19.1 Å². The smallest absolute Gasteiger partial charge is 0.246 e. The fourth-order valence-electron chi connectivity index (χ4n) is 4.80. The van der Waals surface area contributed by atoms with Crippen LogP contribution in [0.2, 0.25) is 0 Å².